The fraction of sp³-hybridized carbons (Fsp3) is 0.182. The van der Waals surface area contributed by atoms with Crippen molar-refractivity contribution in [1.29, 1.82) is 0 Å². The third-order valence-corrected chi connectivity index (χ3v) is 4.50. The number of nitrogens with zero attached hydrogens (tertiary/aromatic N) is 1. The summed E-state index contributed by atoms with van der Waals surface area (Å²) in [5.41, 5.74) is 5.69. The van der Waals surface area contributed by atoms with Crippen LogP contribution in [-0.2, 0) is 9.84 Å². The Labute approximate surface area is 113 Å². The fourth-order valence-corrected chi connectivity index (χ4v) is 3.60. The Hall–Kier alpha value is -1.54. The minimum absolute atomic E-state index is 0.0787. The van der Waals surface area contributed by atoms with E-state index in [1.54, 1.807) is 6.26 Å². The number of hydrogen-bond acceptors (Lipinski definition) is 6. The maximum Gasteiger partial charge on any atom is 0.176 e. The third kappa shape index (κ3) is 2.74. The van der Waals surface area contributed by atoms with Crippen molar-refractivity contribution < 1.29 is 17.3 Å². The molecule has 2 aromatic rings. The van der Waals surface area contributed by atoms with E-state index in [2.05, 4.69) is 5.16 Å². The smallest absolute Gasteiger partial charge is 0.176 e. The first-order valence-electron chi connectivity index (χ1n) is 5.13. The molecule has 2 N–H and O–H groups in total. The summed E-state index contributed by atoms with van der Waals surface area (Å²) in [6, 6.07) is 3.95. The Kier molecular flexibility index (Phi) is 3.55. The lowest BCUT2D eigenvalue weighted by Crippen LogP contribution is -2.02. The molecule has 102 valence electrons. The van der Waals surface area contributed by atoms with Crippen LogP contribution in [0.4, 0.5) is 10.2 Å². The van der Waals surface area contributed by atoms with E-state index in [0.29, 0.717) is 0 Å². The molecule has 0 bridgehead atoms. The van der Waals surface area contributed by atoms with E-state index >= 15 is 0 Å². The van der Waals surface area contributed by atoms with Crippen molar-refractivity contribution >= 4 is 27.4 Å². The van der Waals surface area contributed by atoms with E-state index in [-0.39, 0.29) is 26.9 Å². The molecule has 0 aliphatic rings. The summed E-state index contributed by atoms with van der Waals surface area (Å²) >= 11 is 1.03. The van der Waals surface area contributed by atoms with Gasteiger partial charge in [0.2, 0.25) is 0 Å². The van der Waals surface area contributed by atoms with Crippen LogP contribution in [0, 0.1) is 5.82 Å². The highest BCUT2D eigenvalue weighted by Crippen LogP contribution is 2.33. The number of thioether (sulfide) groups is 1. The average Bonchev–Trinajstić information content (AvgIpc) is 2.73. The van der Waals surface area contributed by atoms with Crippen molar-refractivity contribution in [2.24, 2.45) is 0 Å². The largest absolute Gasteiger partial charge is 0.381 e. The van der Waals surface area contributed by atoms with Crippen molar-refractivity contribution in [1.82, 2.24) is 5.16 Å². The standard InChI is InChI=1S/C11H11FN2O3S2/c1-18-11-7(12)3-6(4-9(11)19(2,15)16)8-5-10(13)14-17-8/h3-5H,1-2H3,(H2,13,14). The van der Waals surface area contributed by atoms with Crippen molar-refractivity contribution in [2.75, 3.05) is 18.2 Å². The summed E-state index contributed by atoms with van der Waals surface area (Å²) < 4.78 is 42.3. The summed E-state index contributed by atoms with van der Waals surface area (Å²) in [6.07, 6.45) is 2.64. The number of anilines is 1. The minimum Gasteiger partial charge on any atom is -0.381 e. The predicted molar refractivity (Wildman–Crippen MR) is 71.2 cm³/mol. The Balaban J connectivity index is 2.70. The van der Waals surface area contributed by atoms with Gasteiger partial charge in [0.05, 0.1) is 9.79 Å². The van der Waals surface area contributed by atoms with Gasteiger partial charge in [-0.15, -0.1) is 11.8 Å². The molecule has 5 nitrogen and oxygen atoms in total. The first-order chi connectivity index (χ1) is 8.82. The van der Waals surface area contributed by atoms with Crippen LogP contribution in [0.2, 0.25) is 0 Å². The number of halogens is 1. The molecule has 0 saturated carbocycles. The molecule has 0 aliphatic carbocycles. The number of nitrogen functional groups attached to an aromatic ring is 1. The second-order valence-electron chi connectivity index (χ2n) is 3.88. The number of rotatable bonds is 3. The number of sulfone groups is 1. The summed E-state index contributed by atoms with van der Waals surface area (Å²) in [4.78, 5) is 0.00343. The Morgan fingerprint density at radius 1 is 1.37 bits per heavy atom. The van der Waals surface area contributed by atoms with Gasteiger partial charge in [-0.2, -0.15) is 0 Å². The van der Waals surface area contributed by atoms with E-state index in [4.69, 9.17) is 10.3 Å². The molecule has 0 spiro atoms. The van der Waals surface area contributed by atoms with Crippen LogP contribution in [0.25, 0.3) is 11.3 Å². The van der Waals surface area contributed by atoms with Gasteiger partial charge >= 0.3 is 0 Å². The molecule has 2 rings (SSSR count). The number of aromatic nitrogens is 1. The quantitative estimate of drug-likeness (QED) is 0.875. The van der Waals surface area contributed by atoms with E-state index < -0.39 is 15.7 Å². The van der Waals surface area contributed by atoms with Crippen LogP contribution in [0.15, 0.2) is 32.5 Å². The van der Waals surface area contributed by atoms with Gasteiger partial charge in [0.1, 0.15) is 5.82 Å². The highest BCUT2D eigenvalue weighted by molar-refractivity contribution is 7.99. The van der Waals surface area contributed by atoms with E-state index in [0.717, 1.165) is 18.0 Å². The predicted octanol–water partition coefficient (Wildman–Crippen LogP) is 2.19. The molecular weight excluding hydrogens is 291 g/mol. The molecule has 0 radical (unpaired) electrons. The molecular formula is C11H11FN2O3S2. The van der Waals surface area contributed by atoms with Crippen LogP contribution < -0.4 is 5.73 Å². The Morgan fingerprint density at radius 2 is 2.05 bits per heavy atom. The highest BCUT2D eigenvalue weighted by atomic mass is 32.2. The van der Waals surface area contributed by atoms with Gasteiger partial charge in [-0.3, -0.25) is 0 Å². The molecule has 0 amide bonds. The summed E-state index contributed by atoms with van der Waals surface area (Å²) in [5.74, 6) is -0.264. The van der Waals surface area contributed by atoms with Crippen LogP contribution >= 0.6 is 11.8 Å². The van der Waals surface area contributed by atoms with Crippen molar-refractivity contribution in [3.05, 3.63) is 24.0 Å². The van der Waals surface area contributed by atoms with Gasteiger partial charge < -0.3 is 10.3 Å². The fourth-order valence-electron chi connectivity index (χ4n) is 1.61. The maximum absolute atomic E-state index is 14.0. The molecule has 1 aromatic carbocycles. The lowest BCUT2D eigenvalue weighted by atomic mass is 10.1. The third-order valence-electron chi connectivity index (χ3n) is 2.43. The second kappa shape index (κ2) is 4.86. The van der Waals surface area contributed by atoms with Crippen molar-refractivity contribution in [2.45, 2.75) is 9.79 Å². The molecule has 0 aliphatic heterocycles. The zero-order chi connectivity index (χ0) is 14.2. The van der Waals surface area contributed by atoms with Gasteiger partial charge in [0.15, 0.2) is 21.4 Å². The molecule has 19 heavy (non-hydrogen) atoms. The first kappa shape index (κ1) is 13.9. The van der Waals surface area contributed by atoms with Crippen LogP contribution in [0.1, 0.15) is 0 Å². The summed E-state index contributed by atoms with van der Waals surface area (Å²) in [6.45, 7) is 0. The Morgan fingerprint density at radius 3 is 2.53 bits per heavy atom. The van der Waals surface area contributed by atoms with E-state index in [9.17, 15) is 12.8 Å². The first-order valence-corrected chi connectivity index (χ1v) is 8.24. The van der Waals surface area contributed by atoms with Gasteiger partial charge in [-0.25, -0.2) is 12.8 Å². The van der Waals surface area contributed by atoms with Crippen molar-refractivity contribution in [3.8, 4) is 11.3 Å². The zero-order valence-corrected chi connectivity index (χ0v) is 11.8. The molecule has 0 unspecified atom stereocenters. The SMILES string of the molecule is CSc1c(F)cc(-c2cc(N)no2)cc1S(C)(=O)=O. The zero-order valence-electron chi connectivity index (χ0n) is 10.2. The molecule has 0 fully saturated rings. The lowest BCUT2D eigenvalue weighted by Gasteiger charge is -2.08. The monoisotopic (exact) mass is 302 g/mol. The van der Waals surface area contributed by atoms with Gasteiger partial charge in [-0.1, -0.05) is 5.16 Å². The number of benzene rings is 1. The van der Waals surface area contributed by atoms with Crippen molar-refractivity contribution in [3.63, 3.8) is 0 Å². The Bertz CT molecular complexity index is 726. The number of nitrogens with two attached hydrogens (primary N) is 1. The average molecular weight is 302 g/mol. The minimum atomic E-state index is -3.55. The molecule has 0 saturated heterocycles. The maximum atomic E-state index is 14.0. The van der Waals surface area contributed by atoms with Gasteiger partial charge in [0.25, 0.3) is 0 Å². The van der Waals surface area contributed by atoms with E-state index in [1.807, 2.05) is 0 Å². The van der Waals surface area contributed by atoms with E-state index in [1.165, 1.54) is 18.2 Å². The lowest BCUT2D eigenvalue weighted by molar-refractivity contribution is 0.435. The normalized spacial score (nSPS) is 11.7. The molecule has 1 aromatic heterocycles. The van der Waals surface area contributed by atoms with Gasteiger partial charge in [-0.05, 0) is 18.4 Å². The van der Waals surface area contributed by atoms with Gasteiger partial charge in [0, 0.05) is 17.9 Å². The van der Waals surface area contributed by atoms with Crippen LogP contribution in [0.3, 0.4) is 0 Å². The summed E-state index contributed by atoms with van der Waals surface area (Å²) in [7, 11) is -3.55. The second-order valence-corrected chi connectivity index (χ2v) is 6.68. The highest BCUT2D eigenvalue weighted by Gasteiger charge is 2.20. The topological polar surface area (TPSA) is 86.2 Å². The molecule has 0 atom stereocenters. The molecule has 8 heteroatoms. The van der Waals surface area contributed by atoms with Crippen LogP contribution in [0.5, 0.6) is 0 Å². The summed E-state index contributed by atoms with van der Waals surface area (Å²) in [5, 5.41) is 3.48. The number of hydrogen-bond donors (Lipinski definition) is 1. The molecule has 1 heterocycles. The van der Waals surface area contributed by atoms with Crippen LogP contribution in [-0.4, -0.2) is 26.1 Å².